The molecule has 0 nitrogen and oxygen atoms in total. The molecule has 7 heteroatoms. The molecule has 281 valence electrons. The molecule has 0 aromatic heterocycles. The second kappa shape index (κ2) is 14.4. The van der Waals surface area contributed by atoms with E-state index in [-0.39, 0.29) is 24.1 Å². The Labute approximate surface area is 324 Å². The van der Waals surface area contributed by atoms with Gasteiger partial charge in [0.2, 0.25) is 0 Å². The Morgan fingerprint density at radius 1 is 0.604 bits per heavy atom. The van der Waals surface area contributed by atoms with Crippen LogP contribution in [0.1, 0.15) is 101 Å². The van der Waals surface area contributed by atoms with E-state index in [4.69, 9.17) is 17.0 Å². The van der Waals surface area contributed by atoms with Crippen molar-refractivity contribution in [2.75, 3.05) is 0 Å². The molecule has 3 atom stereocenters. The first-order chi connectivity index (χ1) is 24.6. The minimum absolute atomic E-state index is 0.0281. The van der Waals surface area contributed by atoms with Gasteiger partial charge in [-0.2, -0.15) is 0 Å². The number of hydrogen-bond acceptors (Lipinski definition) is 0. The normalized spacial score (nSPS) is 18.9. The summed E-state index contributed by atoms with van der Waals surface area (Å²) in [5.41, 5.74) is 13.4. The number of benzene rings is 4. The van der Waals surface area contributed by atoms with E-state index in [1.165, 1.54) is 22.3 Å². The third kappa shape index (κ3) is 8.21. The second-order valence-electron chi connectivity index (χ2n) is 18.4. The third-order valence-corrected chi connectivity index (χ3v) is 61.6. The van der Waals surface area contributed by atoms with Crippen LogP contribution >= 0.6 is 17.0 Å². The summed E-state index contributed by atoms with van der Waals surface area (Å²) in [4.78, 5) is 0. The molecule has 0 aliphatic heterocycles. The van der Waals surface area contributed by atoms with Crippen molar-refractivity contribution in [2.45, 2.75) is 101 Å². The summed E-state index contributed by atoms with van der Waals surface area (Å²) in [7, 11) is 17.6. The van der Waals surface area contributed by atoms with E-state index in [9.17, 15) is 13.2 Å². The number of allylic oxidation sites excluding steroid dienone is 2. The van der Waals surface area contributed by atoms with Crippen LogP contribution in [0.25, 0.3) is 34.4 Å². The molecule has 0 radical (unpaired) electrons. The molecule has 6 rings (SSSR count). The van der Waals surface area contributed by atoms with Gasteiger partial charge in [0.05, 0.1) is 0 Å². The predicted octanol–water partition coefficient (Wildman–Crippen LogP) is 15.4. The fourth-order valence-electron chi connectivity index (χ4n) is 9.12. The van der Waals surface area contributed by atoms with Gasteiger partial charge < -0.3 is 0 Å². The van der Waals surface area contributed by atoms with Crippen LogP contribution in [-0.2, 0) is 15.6 Å². The number of alkyl halides is 3. The van der Waals surface area contributed by atoms with Crippen LogP contribution in [0.2, 0.25) is 12.6 Å². The van der Waals surface area contributed by atoms with Gasteiger partial charge >= 0.3 is 327 Å². The van der Waals surface area contributed by atoms with Crippen LogP contribution in [-0.4, -0.2) is 12.1 Å². The van der Waals surface area contributed by atoms with Crippen molar-refractivity contribution in [3.63, 3.8) is 0 Å². The Balaban J connectivity index is 1.67. The fourth-order valence-corrected chi connectivity index (χ4v) is 49.1. The van der Waals surface area contributed by atoms with E-state index in [1.807, 2.05) is 0 Å². The molecule has 53 heavy (non-hydrogen) atoms. The van der Waals surface area contributed by atoms with Crippen LogP contribution in [0.3, 0.4) is 0 Å². The Kier molecular flexibility index (Phi) is 11.0. The van der Waals surface area contributed by atoms with E-state index in [1.54, 1.807) is 0 Å². The molecule has 0 bridgehead atoms. The molecule has 0 saturated carbocycles. The van der Waals surface area contributed by atoms with E-state index in [0.717, 1.165) is 57.3 Å². The number of hydrogen-bond donors (Lipinski definition) is 0. The molecule has 4 aromatic carbocycles. The zero-order valence-corrected chi connectivity index (χ0v) is 37.8. The minimum atomic E-state index is -5.64. The van der Waals surface area contributed by atoms with Gasteiger partial charge in [-0.3, -0.25) is 0 Å². The van der Waals surface area contributed by atoms with Crippen LogP contribution in [0.5, 0.6) is 0 Å². The van der Waals surface area contributed by atoms with Crippen molar-refractivity contribution >= 4 is 35.1 Å². The quantitative estimate of drug-likeness (QED) is 0.147. The van der Waals surface area contributed by atoms with Crippen molar-refractivity contribution in [2.24, 2.45) is 10.8 Å². The van der Waals surface area contributed by atoms with Gasteiger partial charge in [0, 0.05) is 0 Å². The summed E-state index contributed by atoms with van der Waals surface area (Å²) in [6, 6.07) is 30.1. The summed E-state index contributed by atoms with van der Waals surface area (Å²) >= 11 is -5.64. The summed E-state index contributed by atoms with van der Waals surface area (Å²) in [5, 5.41) is 0. The van der Waals surface area contributed by atoms with Crippen molar-refractivity contribution in [3.8, 4) is 22.3 Å². The molecule has 2 aliphatic carbocycles. The summed E-state index contributed by atoms with van der Waals surface area (Å²) in [6.45, 7) is 19.6. The Bertz CT molecular complexity index is 1930. The first-order valence-electron chi connectivity index (χ1n) is 19.0. The molecule has 0 saturated heterocycles. The summed E-state index contributed by atoms with van der Waals surface area (Å²) < 4.78 is 42.1. The topological polar surface area (TPSA) is 0 Å². The third-order valence-electron chi connectivity index (χ3n) is 11.4. The van der Waals surface area contributed by atoms with Gasteiger partial charge in [-0.15, -0.1) is 0 Å². The molecule has 0 amide bonds. The van der Waals surface area contributed by atoms with Gasteiger partial charge in [0.15, 0.2) is 0 Å². The molecule has 0 fully saturated rings. The van der Waals surface area contributed by atoms with Gasteiger partial charge in [-0.25, -0.2) is 0 Å². The number of aryl methyl sites for hydroxylation is 2. The van der Waals surface area contributed by atoms with E-state index in [2.05, 4.69) is 159 Å². The first-order valence-corrected chi connectivity index (χ1v) is 35.0. The Morgan fingerprint density at radius 3 is 1.32 bits per heavy atom. The second-order valence-corrected chi connectivity index (χ2v) is 59.7. The Morgan fingerprint density at radius 2 is 0.981 bits per heavy atom. The zero-order chi connectivity index (χ0) is 38.7. The number of halogens is 5. The van der Waals surface area contributed by atoms with Crippen molar-refractivity contribution in [1.29, 1.82) is 0 Å². The van der Waals surface area contributed by atoms with Crippen molar-refractivity contribution < 1.29 is 28.7 Å². The first kappa shape index (κ1) is 40.5. The number of fused-ring (bicyclic) bond motifs is 2. The molecular weight excluding hydrogens is 800 g/mol. The number of rotatable bonds is 9. The van der Waals surface area contributed by atoms with E-state index >= 15 is 0 Å². The SMILES string of the molecule is Cc1ccc(-c2cccc3c2C=C(CC(C)(C)C)[CH]3[Zr]([Cl])([Cl])([CH]2C(CC(C)(C)C)=Cc3c(-c4ccc(C)cc4)cccc32)[SiH](C)CCC(F)(F)F)cc1. The van der Waals surface area contributed by atoms with Crippen molar-refractivity contribution in [3.05, 3.63) is 129 Å². The standard InChI is InChI=1S/2C21H23.C4H8F3Si.2ClH.Zr/c2*1-15-8-10-17(11-9-15)19-7-5-6-18-12-16(13-20(18)19)14-21(2,3)4;1-8-3-2-4(5,6)7;;;/h2*5-13H,14H2,1-4H3;8H,2-3H2,1H3;2*1H;/q;;;;;+2/p-2. The van der Waals surface area contributed by atoms with Crippen LogP contribution < -0.4 is 0 Å². The van der Waals surface area contributed by atoms with Crippen LogP contribution in [0.15, 0.2) is 96.1 Å². The van der Waals surface area contributed by atoms with Gasteiger partial charge in [0.1, 0.15) is 0 Å². The molecule has 2 aliphatic rings. The Hall–Kier alpha value is -2.17. The van der Waals surface area contributed by atoms with Crippen LogP contribution in [0, 0.1) is 24.7 Å². The maximum atomic E-state index is 14.2. The average molecular weight is 854 g/mol. The molecule has 0 N–H and O–H groups in total. The monoisotopic (exact) mass is 851 g/mol. The average Bonchev–Trinajstić information content (AvgIpc) is 3.61. The summed E-state index contributed by atoms with van der Waals surface area (Å²) in [6.07, 6.45) is 1.02. The molecule has 4 aromatic rings. The fraction of sp³-hybridized carbons (Fsp3) is 0.391. The van der Waals surface area contributed by atoms with E-state index in [0.29, 0.717) is 0 Å². The molecule has 0 heterocycles. The zero-order valence-electron chi connectivity index (χ0n) is 32.7. The summed E-state index contributed by atoms with van der Waals surface area (Å²) in [5.74, 6) is -2.54. The maximum absolute atomic E-state index is 14.2. The van der Waals surface area contributed by atoms with Crippen LogP contribution in [0.4, 0.5) is 13.2 Å². The molecule has 0 spiro atoms. The van der Waals surface area contributed by atoms with Gasteiger partial charge in [-0.1, -0.05) is 0 Å². The molecule has 3 unspecified atom stereocenters. The predicted molar refractivity (Wildman–Crippen MR) is 223 cm³/mol. The van der Waals surface area contributed by atoms with Gasteiger partial charge in [-0.05, 0) is 0 Å². The van der Waals surface area contributed by atoms with Gasteiger partial charge in [0.25, 0.3) is 0 Å². The van der Waals surface area contributed by atoms with Crippen molar-refractivity contribution in [1.82, 2.24) is 0 Å². The van der Waals surface area contributed by atoms with E-state index < -0.39 is 34.1 Å². The molecular formula is C46H54Cl2F3SiZr.